The maximum atomic E-state index is 11.8. The Labute approximate surface area is 163 Å². The number of carbonyl (C=O) groups is 1. The van der Waals surface area contributed by atoms with Gasteiger partial charge in [0.2, 0.25) is 0 Å². The number of thioether (sulfide) groups is 1. The van der Waals surface area contributed by atoms with E-state index in [9.17, 15) is 4.79 Å². The molecule has 0 radical (unpaired) electrons. The van der Waals surface area contributed by atoms with Crippen molar-refractivity contribution in [1.82, 2.24) is 0 Å². The smallest absolute Gasteiger partial charge is 0.411 e. The normalized spacial score (nSPS) is 10.3. The molecule has 3 aromatic rings. The molecule has 1 amide bonds. The summed E-state index contributed by atoms with van der Waals surface area (Å²) in [6.45, 7) is 0.470. The Morgan fingerprint density at radius 1 is 0.889 bits per heavy atom. The molecule has 0 fully saturated rings. The minimum absolute atomic E-state index is 0.175. The molecule has 0 aliphatic carbocycles. The Kier molecular flexibility index (Phi) is 6.77. The molecular formula is C22H21NO3S. The van der Waals surface area contributed by atoms with Crippen LogP contribution in [0.2, 0.25) is 0 Å². The van der Waals surface area contributed by atoms with Crippen LogP contribution < -0.4 is 10.1 Å². The van der Waals surface area contributed by atoms with E-state index in [1.807, 2.05) is 73.0 Å². The van der Waals surface area contributed by atoms with E-state index in [1.165, 1.54) is 0 Å². The van der Waals surface area contributed by atoms with Gasteiger partial charge in [-0.2, -0.15) is 0 Å². The molecule has 3 aromatic carbocycles. The summed E-state index contributed by atoms with van der Waals surface area (Å²) in [4.78, 5) is 12.9. The number of hydrogen-bond donors (Lipinski definition) is 1. The third kappa shape index (κ3) is 5.79. The van der Waals surface area contributed by atoms with Gasteiger partial charge in [-0.25, -0.2) is 4.79 Å². The number of amides is 1. The lowest BCUT2D eigenvalue weighted by Crippen LogP contribution is -2.17. The van der Waals surface area contributed by atoms with Crippen molar-refractivity contribution < 1.29 is 14.3 Å². The first-order valence-corrected chi connectivity index (χ1v) is 9.83. The third-order valence-corrected chi connectivity index (χ3v) is 4.59. The maximum absolute atomic E-state index is 11.8. The van der Waals surface area contributed by atoms with Crippen LogP contribution in [-0.2, 0) is 4.74 Å². The molecule has 1 N–H and O–H groups in total. The minimum Gasteiger partial charge on any atom is -0.490 e. The van der Waals surface area contributed by atoms with E-state index in [-0.39, 0.29) is 6.61 Å². The molecule has 0 unspecified atom stereocenters. The molecule has 0 atom stereocenters. The van der Waals surface area contributed by atoms with E-state index in [2.05, 4.69) is 17.4 Å². The molecule has 0 aliphatic heterocycles. The second-order valence-electron chi connectivity index (χ2n) is 5.73. The second-order valence-corrected chi connectivity index (χ2v) is 6.61. The van der Waals surface area contributed by atoms with Crippen molar-refractivity contribution in [2.75, 3.05) is 24.8 Å². The van der Waals surface area contributed by atoms with Gasteiger partial charge in [-0.3, -0.25) is 5.32 Å². The molecule has 3 rings (SSSR count). The zero-order chi connectivity index (χ0) is 18.9. The average molecular weight is 379 g/mol. The second kappa shape index (κ2) is 9.69. The molecular weight excluding hydrogens is 358 g/mol. The monoisotopic (exact) mass is 379 g/mol. The quantitative estimate of drug-likeness (QED) is 0.422. The summed E-state index contributed by atoms with van der Waals surface area (Å²) in [7, 11) is 0. The number of benzene rings is 3. The first-order chi connectivity index (χ1) is 13.2. The SMILES string of the molecule is CSc1cccc(NC(=O)OCCOc2ccc(-c3ccccc3)cc2)c1. The minimum atomic E-state index is -0.490. The van der Waals surface area contributed by atoms with Crippen molar-refractivity contribution in [3.8, 4) is 16.9 Å². The van der Waals surface area contributed by atoms with Gasteiger partial charge in [-0.05, 0) is 47.7 Å². The van der Waals surface area contributed by atoms with E-state index < -0.39 is 6.09 Å². The van der Waals surface area contributed by atoms with Crippen LogP contribution >= 0.6 is 11.8 Å². The van der Waals surface area contributed by atoms with Crippen LogP contribution in [-0.4, -0.2) is 25.6 Å². The summed E-state index contributed by atoms with van der Waals surface area (Å²) in [6, 6.07) is 25.6. The molecule has 0 spiro atoms. The number of rotatable bonds is 7. The lowest BCUT2D eigenvalue weighted by molar-refractivity contribution is 0.138. The molecule has 0 bridgehead atoms. The molecule has 0 saturated heterocycles. The fourth-order valence-corrected chi connectivity index (χ4v) is 2.98. The standard InChI is InChI=1S/C22H21NO3S/c1-27-21-9-5-8-19(16-21)23-22(24)26-15-14-25-20-12-10-18(11-13-20)17-6-3-2-4-7-17/h2-13,16H,14-15H2,1H3,(H,23,24). The van der Waals surface area contributed by atoms with Gasteiger partial charge in [-0.15, -0.1) is 11.8 Å². The van der Waals surface area contributed by atoms with Crippen molar-refractivity contribution in [1.29, 1.82) is 0 Å². The van der Waals surface area contributed by atoms with Crippen LogP contribution in [0.5, 0.6) is 5.75 Å². The number of hydrogen-bond acceptors (Lipinski definition) is 4. The molecule has 0 aliphatic rings. The predicted octanol–water partition coefficient (Wildman–Crippen LogP) is 5.70. The van der Waals surface area contributed by atoms with Gasteiger partial charge in [0.1, 0.15) is 19.0 Å². The Morgan fingerprint density at radius 2 is 1.63 bits per heavy atom. The number of nitrogens with one attached hydrogen (secondary N) is 1. The number of anilines is 1. The van der Waals surface area contributed by atoms with Crippen LogP contribution in [0.3, 0.4) is 0 Å². The first kappa shape index (κ1) is 18.9. The highest BCUT2D eigenvalue weighted by atomic mass is 32.2. The Bertz CT molecular complexity index is 866. The van der Waals surface area contributed by atoms with Gasteiger partial charge in [-0.1, -0.05) is 48.5 Å². The first-order valence-electron chi connectivity index (χ1n) is 8.61. The molecule has 0 aromatic heterocycles. The summed E-state index contributed by atoms with van der Waals surface area (Å²) >= 11 is 1.62. The fraction of sp³-hybridized carbons (Fsp3) is 0.136. The van der Waals surface area contributed by atoms with Gasteiger partial charge < -0.3 is 9.47 Å². The molecule has 0 heterocycles. The highest BCUT2D eigenvalue weighted by Crippen LogP contribution is 2.22. The largest absolute Gasteiger partial charge is 0.490 e. The van der Waals surface area contributed by atoms with E-state index in [4.69, 9.17) is 9.47 Å². The summed E-state index contributed by atoms with van der Waals surface area (Å²) < 4.78 is 10.8. The zero-order valence-electron chi connectivity index (χ0n) is 15.1. The fourth-order valence-electron chi connectivity index (χ4n) is 2.52. The van der Waals surface area contributed by atoms with Crippen molar-refractivity contribution in [2.45, 2.75) is 4.90 Å². The number of ether oxygens (including phenoxy) is 2. The lowest BCUT2D eigenvalue weighted by Gasteiger charge is -2.10. The highest BCUT2D eigenvalue weighted by Gasteiger charge is 2.04. The van der Waals surface area contributed by atoms with Gasteiger partial charge in [0.25, 0.3) is 0 Å². The zero-order valence-corrected chi connectivity index (χ0v) is 15.9. The maximum Gasteiger partial charge on any atom is 0.411 e. The van der Waals surface area contributed by atoms with E-state index >= 15 is 0 Å². The topological polar surface area (TPSA) is 47.6 Å². The summed E-state index contributed by atoms with van der Waals surface area (Å²) in [6.07, 6.45) is 1.50. The van der Waals surface area contributed by atoms with Crippen LogP contribution in [0.15, 0.2) is 83.8 Å². The molecule has 138 valence electrons. The molecule has 4 nitrogen and oxygen atoms in total. The van der Waals surface area contributed by atoms with Gasteiger partial charge >= 0.3 is 6.09 Å². The van der Waals surface area contributed by atoms with Crippen molar-refractivity contribution in [3.05, 3.63) is 78.9 Å². The van der Waals surface area contributed by atoms with Crippen LogP contribution in [0.4, 0.5) is 10.5 Å². The summed E-state index contributed by atoms with van der Waals surface area (Å²) in [5.41, 5.74) is 3.00. The van der Waals surface area contributed by atoms with Gasteiger partial charge in [0.15, 0.2) is 0 Å². The Balaban J connectivity index is 1.41. The van der Waals surface area contributed by atoms with Crippen LogP contribution in [0.25, 0.3) is 11.1 Å². The van der Waals surface area contributed by atoms with Crippen molar-refractivity contribution in [3.63, 3.8) is 0 Å². The van der Waals surface area contributed by atoms with E-state index in [0.29, 0.717) is 12.3 Å². The lowest BCUT2D eigenvalue weighted by atomic mass is 10.1. The molecule has 0 saturated carbocycles. The third-order valence-electron chi connectivity index (χ3n) is 3.86. The van der Waals surface area contributed by atoms with Gasteiger partial charge in [0.05, 0.1) is 0 Å². The summed E-state index contributed by atoms with van der Waals surface area (Å²) in [5.74, 6) is 0.742. The molecule has 27 heavy (non-hydrogen) atoms. The van der Waals surface area contributed by atoms with Crippen molar-refractivity contribution >= 4 is 23.5 Å². The van der Waals surface area contributed by atoms with Crippen LogP contribution in [0, 0.1) is 0 Å². The van der Waals surface area contributed by atoms with Gasteiger partial charge in [0, 0.05) is 10.6 Å². The summed E-state index contributed by atoms with van der Waals surface area (Å²) in [5, 5.41) is 2.71. The highest BCUT2D eigenvalue weighted by molar-refractivity contribution is 7.98. The Morgan fingerprint density at radius 3 is 2.37 bits per heavy atom. The number of carbonyl (C=O) groups excluding carboxylic acids is 1. The average Bonchev–Trinajstić information content (AvgIpc) is 2.72. The van der Waals surface area contributed by atoms with E-state index in [1.54, 1.807) is 11.8 Å². The predicted molar refractivity (Wildman–Crippen MR) is 111 cm³/mol. The van der Waals surface area contributed by atoms with E-state index in [0.717, 1.165) is 21.8 Å². The van der Waals surface area contributed by atoms with Crippen LogP contribution in [0.1, 0.15) is 0 Å². The molecule has 5 heteroatoms. The Hall–Kier alpha value is -2.92. The van der Waals surface area contributed by atoms with Crippen molar-refractivity contribution in [2.24, 2.45) is 0 Å².